The van der Waals surface area contributed by atoms with Crippen molar-refractivity contribution in [3.8, 4) is 5.69 Å². The van der Waals surface area contributed by atoms with Crippen LogP contribution >= 0.6 is 0 Å². The zero-order chi connectivity index (χ0) is 19.0. The van der Waals surface area contributed by atoms with Crippen LogP contribution < -0.4 is 0 Å². The lowest BCUT2D eigenvalue weighted by Crippen LogP contribution is -2.39. The molecule has 27 heavy (non-hydrogen) atoms. The van der Waals surface area contributed by atoms with Crippen LogP contribution in [0.2, 0.25) is 0 Å². The number of benzene rings is 1. The average molecular weight is 367 g/mol. The monoisotopic (exact) mass is 367 g/mol. The summed E-state index contributed by atoms with van der Waals surface area (Å²) in [6.07, 6.45) is 5.53. The number of aromatic nitrogens is 4. The van der Waals surface area contributed by atoms with Gasteiger partial charge in [-0.15, -0.1) is 0 Å². The van der Waals surface area contributed by atoms with Crippen molar-refractivity contribution < 1.29 is 9.18 Å². The van der Waals surface area contributed by atoms with Crippen molar-refractivity contribution in [3.05, 3.63) is 65.3 Å². The second-order valence-corrected chi connectivity index (χ2v) is 7.00. The summed E-state index contributed by atoms with van der Waals surface area (Å²) in [5, 5.41) is 4.52. The molecular weight excluding hydrogens is 345 g/mol. The first-order chi connectivity index (χ1) is 13.0. The SMILES string of the molecule is Cc1nn(-c2ccc(F)cc2)c(C)c1C(=O)N1CCC[C@@H](c2ncc[nH]2)C1. The number of imidazole rings is 1. The van der Waals surface area contributed by atoms with Gasteiger partial charge in [0, 0.05) is 31.4 Å². The normalized spacial score (nSPS) is 17.3. The number of hydrogen-bond acceptors (Lipinski definition) is 3. The Morgan fingerprint density at radius 1 is 1.26 bits per heavy atom. The van der Waals surface area contributed by atoms with Gasteiger partial charge in [-0.3, -0.25) is 4.79 Å². The van der Waals surface area contributed by atoms with E-state index in [1.54, 1.807) is 23.0 Å². The minimum Gasteiger partial charge on any atom is -0.348 e. The summed E-state index contributed by atoms with van der Waals surface area (Å²) in [6.45, 7) is 5.10. The van der Waals surface area contributed by atoms with Gasteiger partial charge in [-0.05, 0) is 51.0 Å². The molecular formula is C20H22FN5O. The number of amides is 1. The first kappa shape index (κ1) is 17.5. The van der Waals surface area contributed by atoms with Gasteiger partial charge in [-0.25, -0.2) is 14.1 Å². The Morgan fingerprint density at radius 3 is 2.74 bits per heavy atom. The van der Waals surface area contributed by atoms with Crippen LogP contribution in [-0.2, 0) is 0 Å². The molecule has 4 rings (SSSR count). The van der Waals surface area contributed by atoms with Crippen molar-refractivity contribution in [2.45, 2.75) is 32.6 Å². The maximum Gasteiger partial charge on any atom is 0.257 e. The maximum atomic E-state index is 13.2. The van der Waals surface area contributed by atoms with Gasteiger partial charge in [0.25, 0.3) is 5.91 Å². The van der Waals surface area contributed by atoms with Crippen LogP contribution in [0.1, 0.15) is 46.3 Å². The number of nitrogens with one attached hydrogen (secondary N) is 1. The van der Waals surface area contributed by atoms with E-state index < -0.39 is 0 Å². The van der Waals surface area contributed by atoms with Crippen molar-refractivity contribution in [2.24, 2.45) is 0 Å². The van der Waals surface area contributed by atoms with Gasteiger partial charge in [-0.1, -0.05) is 0 Å². The van der Waals surface area contributed by atoms with Gasteiger partial charge in [-0.2, -0.15) is 5.10 Å². The lowest BCUT2D eigenvalue weighted by molar-refractivity contribution is 0.0703. The Bertz CT molecular complexity index is 946. The zero-order valence-corrected chi connectivity index (χ0v) is 15.4. The van der Waals surface area contributed by atoms with Crippen LogP contribution in [-0.4, -0.2) is 43.6 Å². The number of piperidine rings is 1. The van der Waals surface area contributed by atoms with Crippen molar-refractivity contribution in [3.63, 3.8) is 0 Å². The predicted octanol–water partition coefficient (Wildman–Crippen LogP) is 3.37. The lowest BCUT2D eigenvalue weighted by Gasteiger charge is -2.32. The second kappa shape index (κ2) is 6.98. The van der Waals surface area contributed by atoms with Crippen molar-refractivity contribution in [1.29, 1.82) is 0 Å². The summed E-state index contributed by atoms with van der Waals surface area (Å²) < 4.78 is 14.9. The van der Waals surface area contributed by atoms with E-state index >= 15 is 0 Å². The number of likely N-dealkylation sites (tertiary alicyclic amines) is 1. The topological polar surface area (TPSA) is 66.8 Å². The molecule has 0 unspecified atom stereocenters. The second-order valence-electron chi connectivity index (χ2n) is 7.00. The molecule has 0 radical (unpaired) electrons. The zero-order valence-electron chi connectivity index (χ0n) is 15.4. The van der Waals surface area contributed by atoms with Crippen LogP contribution in [0.3, 0.4) is 0 Å². The summed E-state index contributed by atoms with van der Waals surface area (Å²) >= 11 is 0. The Morgan fingerprint density at radius 2 is 2.04 bits per heavy atom. The van der Waals surface area contributed by atoms with E-state index in [0.29, 0.717) is 17.8 Å². The van der Waals surface area contributed by atoms with E-state index in [4.69, 9.17) is 0 Å². The molecule has 7 heteroatoms. The van der Waals surface area contributed by atoms with Gasteiger partial charge in [0.2, 0.25) is 0 Å². The summed E-state index contributed by atoms with van der Waals surface area (Å²) in [4.78, 5) is 22.6. The molecule has 1 aliphatic heterocycles. The lowest BCUT2D eigenvalue weighted by atomic mass is 9.96. The number of H-pyrrole nitrogens is 1. The molecule has 6 nitrogen and oxygen atoms in total. The predicted molar refractivity (Wildman–Crippen MR) is 99.5 cm³/mol. The number of carbonyl (C=O) groups excluding carboxylic acids is 1. The number of halogens is 1. The Labute approximate surface area is 157 Å². The third-order valence-electron chi connectivity index (χ3n) is 5.19. The fraction of sp³-hybridized carbons (Fsp3) is 0.350. The van der Waals surface area contributed by atoms with Crippen LogP contribution in [0.15, 0.2) is 36.7 Å². The third kappa shape index (κ3) is 3.25. The highest BCUT2D eigenvalue weighted by Gasteiger charge is 2.30. The molecule has 3 aromatic rings. The van der Waals surface area contributed by atoms with Gasteiger partial charge in [0.15, 0.2) is 0 Å². The Hall–Kier alpha value is -2.96. The smallest absolute Gasteiger partial charge is 0.257 e. The highest BCUT2D eigenvalue weighted by Crippen LogP contribution is 2.27. The summed E-state index contributed by atoms with van der Waals surface area (Å²) in [5.41, 5.74) is 2.81. The molecule has 1 aromatic carbocycles. The van der Waals surface area contributed by atoms with Crippen LogP contribution in [0.4, 0.5) is 4.39 Å². The first-order valence-electron chi connectivity index (χ1n) is 9.15. The summed E-state index contributed by atoms with van der Waals surface area (Å²) in [5.74, 6) is 0.858. The van der Waals surface area contributed by atoms with Crippen molar-refractivity contribution >= 4 is 5.91 Å². The van der Waals surface area contributed by atoms with Gasteiger partial charge in [0.05, 0.1) is 22.6 Å². The summed E-state index contributed by atoms with van der Waals surface area (Å²) in [6, 6.07) is 6.12. The number of hydrogen-bond donors (Lipinski definition) is 1. The summed E-state index contributed by atoms with van der Waals surface area (Å²) in [7, 11) is 0. The number of rotatable bonds is 3. The maximum absolute atomic E-state index is 13.2. The van der Waals surface area contributed by atoms with E-state index in [1.165, 1.54) is 12.1 Å². The molecule has 1 N–H and O–H groups in total. The van der Waals surface area contributed by atoms with E-state index in [2.05, 4.69) is 15.1 Å². The standard InChI is InChI=1S/C20H22FN5O/c1-13-18(14(2)26(24-13)17-7-5-16(21)6-8-17)20(27)25-11-3-4-15(12-25)19-22-9-10-23-19/h5-10,15H,3-4,11-12H2,1-2H3,(H,22,23)/t15-/m1/s1. The molecule has 1 fully saturated rings. The van der Waals surface area contributed by atoms with E-state index in [0.717, 1.165) is 36.6 Å². The molecule has 1 atom stereocenters. The molecule has 0 saturated carbocycles. The highest BCUT2D eigenvalue weighted by molar-refractivity contribution is 5.96. The number of carbonyl (C=O) groups is 1. The minimum atomic E-state index is -0.297. The largest absolute Gasteiger partial charge is 0.348 e. The molecule has 140 valence electrons. The van der Waals surface area contributed by atoms with Crippen molar-refractivity contribution in [1.82, 2.24) is 24.6 Å². The molecule has 2 aromatic heterocycles. The van der Waals surface area contributed by atoms with Crippen LogP contribution in [0, 0.1) is 19.7 Å². The Balaban J connectivity index is 1.61. The van der Waals surface area contributed by atoms with Gasteiger partial charge in [0.1, 0.15) is 11.6 Å². The van der Waals surface area contributed by atoms with Gasteiger partial charge >= 0.3 is 0 Å². The molecule has 3 heterocycles. The third-order valence-corrected chi connectivity index (χ3v) is 5.19. The quantitative estimate of drug-likeness (QED) is 0.772. The number of aromatic amines is 1. The highest BCUT2D eigenvalue weighted by atomic mass is 19.1. The average Bonchev–Trinajstić information content (AvgIpc) is 3.31. The molecule has 1 amide bonds. The molecule has 0 aliphatic carbocycles. The molecule has 0 spiro atoms. The van der Waals surface area contributed by atoms with Crippen molar-refractivity contribution in [2.75, 3.05) is 13.1 Å². The van der Waals surface area contributed by atoms with E-state index in [9.17, 15) is 9.18 Å². The van der Waals surface area contributed by atoms with E-state index in [1.807, 2.05) is 24.9 Å². The Kier molecular flexibility index (Phi) is 4.51. The molecule has 0 bridgehead atoms. The fourth-order valence-corrected chi connectivity index (χ4v) is 3.83. The molecule has 1 saturated heterocycles. The van der Waals surface area contributed by atoms with Crippen LogP contribution in [0.5, 0.6) is 0 Å². The number of nitrogens with zero attached hydrogens (tertiary/aromatic N) is 4. The van der Waals surface area contributed by atoms with E-state index in [-0.39, 0.29) is 17.6 Å². The minimum absolute atomic E-state index is 0.00498. The first-order valence-corrected chi connectivity index (χ1v) is 9.15. The van der Waals surface area contributed by atoms with Crippen LogP contribution in [0.25, 0.3) is 5.69 Å². The fourth-order valence-electron chi connectivity index (χ4n) is 3.83. The molecule has 1 aliphatic rings. The number of aryl methyl sites for hydroxylation is 1. The van der Waals surface area contributed by atoms with Gasteiger partial charge < -0.3 is 9.88 Å².